The number of ether oxygens (including phenoxy) is 2. The number of esters is 2. The topological polar surface area (TPSA) is 52.6 Å². The molecule has 2 aromatic carbocycles. The monoisotopic (exact) mass is 889 g/mol. The highest BCUT2D eigenvalue weighted by molar-refractivity contribution is 6.13. The number of benzene rings is 2. The van der Waals surface area contributed by atoms with Crippen LogP contribution in [-0.4, -0.2) is 25.2 Å². The van der Waals surface area contributed by atoms with Gasteiger partial charge in [-0.05, 0) is 55.0 Å². The Hall–Kier alpha value is -2.36. The molecule has 368 valence electrons. The van der Waals surface area contributed by atoms with E-state index in [2.05, 4.69) is 27.7 Å². The molecule has 0 heterocycles. The number of hydrogen-bond acceptors (Lipinski definition) is 4. The normalized spacial score (nSPS) is 12.5. The Balaban J connectivity index is 2.02. The van der Waals surface area contributed by atoms with Gasteiger partial charge in [-0.2, -0.15) is 0 Å². The lowest BCUT2D eigenvalue weighted by molar-refractivity contribution is 0.0424. The maximum atomic E-state index is 14.0. The molecule has 0 spiro atoms. The molecule has 0 bridgehead atoms. The molecular weight excluding hydrogens is 785 g/mol. The lowest BCUT2D eigenvalue weighted by Crippen LogP contribution is -2.17. The second kappa shape index (κ2) is 42.0. The molecule has 0 fully saturated rings. The Bertz CT molecular complexity index is 1270. The molecule has 2 unspecified atom stereocenters. The molecule has 4 heteroatoms. The van der Waals surface area contributed by atoms with Crippen molar-refractivity contribution < 1.29 is 19.1 Å². The zero-order valence-electron chi connectivity index (χ0n) is 43.0. The van der Waals surface area contributed by atoms with Gasteiger partial charge in [0.2, 0.25) is 0 Å². The van der Waals surface area contributed by atoms with Gasteiger partial charge in [-0.1, -0.05) is 283 Å². The van der Waals surface area contributed by atoms with Gasteiger partial charge in [-0.15, -0.1) is 0 Å². The first kappa shape index (κ1) is 57.8. The molecule has 0 N–H and O–H groups in total. The van der Waals surface area contributed by atoms with Crippen LogP contribution in [0.5, 0.6) is 0 Å². The average molecular weight is 889 g/mol. The molecule has 64 heavy (non-hydrogen) atoms. The Morgan fingerprint density at radius 1 is 0.344 bits per heavy atom. The Morgan fingerprint density at radius 3 is 0.828 bits per heavy atom. The summed E-state index contributed by atoms with van der Waals surface area (Å²) >= 11 is 0. The fourth-order valence-electron chi connectivity index (χ4n) is 9.82. The van der Waals surface area contributed by atoms with Crippen LogP contribution in [0.15, 0.2) is 36.4 Å². The van der Waals surface area contributed by atoms with Crippen LogP contribution in [0.1, 0.15) is 305 Å². The second-order valence-corrected chi connectivity index (χ2v) is 20.1. The summed E-state index contributed by atoms with van der Waals surface area (Å²) in [6.45, 7) is 10.0. The molecule has 0 aliphatic heterocycles. The number of hydrogen-bond donors (Lipinski definition) is 0. The summed E-state index contributed by atoms with van der Waals surface area (Å²) < 4.78 is 12.4. The van der Waals surface area contributed by atoms with Crippen molar-refractivity contribution >= 4 is 22.7 Å². The van der Waals surface area contributed by atoms with E-state index in [1.807, 2.05) is 36.4 Å². The van der Waals surface area contributed by atoms with Crippen molar-refractivity contribution in [2.45, 2.75) is 285 Å². The van der Waals surface area contributed by atoms with Gasteiger partial charge in [0.25, 0.3) is 0 Å². The van der Waals surface area contributed by atoms with Crippen molar-refractivity contribution in [1.82, 2.24) is 0 Å². The van der Waals surface area contributed by atoms with E-state index >= 15 is 0 Å². The summed E-state index contributed by atoms with van der Waals surface area (Å²) in [6.07, 6.45) is 52.1. The van der Waals surface area contributed by atoms with E-state index in [0.717, 1.165) is 31.1 Å². The van der Waals surface area contributed by atoms with Gasteiger partial charge in [0.05, 0.1) is 24.3 Å². The number of carbonyl (C=O) groups is 2. The van der Waals surface area contributed by atoms with Gasteiger partial charge in [-0.25, -0.2) is 9.59 Å². The van der Waals surface area contributed by atoms with Gasteiger partial charge in [0, 0.05) is 5.39 Å². The zero-order chi connectivity index (χ0) is 46.0. The largest absolute Gasteiger partial charge is 0.462 e. The standard InChI is InChI=1S/C60H104O4/c1-5-9-13-17-21-25-27-31-35-39-45-53(43-37-33-29-23-19-15-11-7-3)51-63-59(61)56-49-41-47-55-48-42-50-57(58(55)56)60(62)64-52-54(44-38-34-30-24-20-16-12-8-4)46-40-36-32-28-26-22-18-14-10-6-2/h41-42,47-50,53-54H,5-40,43-46,51-52H2,1-4H3. The van der Waals surface area contributed by atoms with Crippen molar-refractivity contribution in [3.63, 3.8) is 0 Å². The Morgan fingerprint density at radius 2 is 0.578 bits per heavy atom. The van der Waals surface area contributed by atoms with Crippen LogP contribution in [0.25, 0.3) is 10.8 Å². The van der Waals surface area contributed by atoms with Gasteiger partial charge >= 0.3 is 11.9 Å². The Labute approximate surface area is 397 Å². The number of rotatable bonds is 46. The van der Waals surface area contributed by atoms with Crippen LogP contribution in [0.4, 0.5) is 0 Å². The SMILES string of the molecule is CCCCCCCCCCCCC(CCCCCCCCCC)COC(=O)c1cccc2cccc(C(=O)OCC(CCCCCCCCCC)CCCCCCCCCCCC)c12. The third-order valence-corrected chi connectivity index (χ3v) is 14.1. The minimum absolute atomic E-state index is 0.316. The molecule has 2 atom stereocenters. The number of unbranched alkanes of at least 4 members (excludes halogenated alkanes) is 32. The zero-order valence-corrected chi connectivity index (χ0v) is 43.0. The van der Waals surface area contributed by atoms with Crippen LogP contribution >= 0.6 is 0 Å². The Kier molecular flexibility index (Phi) is 37.9. The molecule has 0 saturated heterocycles. The molecule has 0 radical (unpaired) electrons. The first-order chi connectivity index (χ1) is 31.5. The highest BCUT2D eigenvalue weighted by atomic mass is 16.5. The predicted octanol–water partition coefficient (Wildman–Crippen LogP) is 20.1. The van der Waals surface area contributed by atoms with Crippen LogP contribution < -0.4 is 0 Å². The summed E-state index contributed by atoms with van der Waals surface area (Å²) in [5, 5.41) is 1.55. The molecule has 0 aromatic heterocycles. The van der Waals surface area contributed by atoms with Gasteiger partial charge in [0.1, 0.15) is 0 Å². The highest BCUT2D eigenvalue weighted by Crippen LogP contribution is 2.28. The van der Waals surface area contributed by atoms with E-state index in [4.69, 9.17) is 9.47 Å². The van der Waals surface area contributed by atoms with E-state index < -0.39 is 0 Å². The summed E-state index contributed by atoms with van der Waals surface area (Å²) in [5.41, 5.74) is 0.964. The average Bonchev–Trinajstić information content (AvgIpc) is 3.31. The minimum atomic E-state index is -0.316. The lowest BCUT2D eigenvalue weighted by atomic mass is 9.94. The van der Waals surface area contributed by atoms with Crippen LogP contribution in [0, 0.1) is 11.8 Å². The van der Waals surface area contributed by atoms with Gasteiger partial charge in [-0.3, -0.25) is 0 Å². The first-order valence-electron chi connectivity index (χ1n) is 28.4. The van der Waals surface area contributed by atoms with E-state index in [1.54, 1.807) is 0 Å². The van der Waals surface area contributed by atoms with E-state index in [9.17, 15) is 9.59 Å². The highest BCUT2D eigenvalue weighted by Gasteiger charge is 2.22. The van der Waals surface area contributed by atoms with Crippen LogP contribution in [0.3, 0.4) is 0 Å². The summed E-state index contributed by atoms with van der Waals surface area (Å²) in [6, 6.07) is 11.5. The molecule has 0 aliphatic rings. The van der Waals surface area contributed by atoms with Gasteiger partial charge in [0.15, 0.2) is 0 Å². The van der Waals surface area contributed by atoms with E-state index in [1.165, 1.54) is 231 Å². The number of carbonyl (C=O) groups excluding carboxylic acids is 2. The number of fused-ring (bicyclic) bond motifs is 1. The van der Waals surface area contributed by atoms with E-state index in [-0.39, 0.29) is 11.9 Å². The van der Waals surface area contributed by atoms with Crippen molar-refractivity contribution in [2.24, 2.45) is 11.8 Å². The molecule has 2 aromatic rings. The molecule has 0 saturated carbocycles. The summed E-state index contributed by atoms with van der Waals surface area (Å²) in [5.74, 6) is 0.129. The van der Waals surface area contributed by atoms with Crippen LogP contribution in [0.2, 0.25) is 0 Å². The molecular formula is C60H104O4. The molecule has 2 rings (SSSR count). The lowest BCUT2D eigenvalue weighted by Gasteiger charge is -2.19. The maximum Gasteiger partial charge on any atom is 0.338 e. The third-order valence-electron chi connectivity index (χ3n) is 14.1. The minimum Gasteiger partial charge on any atom is -0.462 e. The maximum absolute atomic E-state index is 14.0. The fraction of sp³-hybridized carbons (Fsp3) is 0.800. The van der Waals surface area contributed by atoms with E-state index in [0.29, 0.717) is 41.6 Å². The van der Waals surface area contributed by atoms with Gasteiger partial charge < -0.3 is 9.47 Å². The molecule has 4 nitrogen and oxygen atoms in total. The van der Waals surface area contributed by atoms with Crippen molar-refractivity contribution in [3.8, 4) is 0 Å². The smallest absolute Gasteiger partial charge is 0.338 e. The first-order valence-corrected chi connectivity index (χ1v) is 28.4. The quantitative estimate of drug-likeness (QED) is 0.0491. The molecule has 0 amide bonds. The molecule has 0 aliphatic carbocycles. The third kappa shape index (κ3) is 29.3. The summed E-state index contributed by atoms with van der Waals surface area (Å²) in [4.78, 5) is 28.0. The van der Waals surface area contributed by atoms with Crippen molar-refractivity contribution in [1.29, 1.82) is 0 Å². The summed E-state index contributed by atoms with van der Waals surface area (Å²) in [7, 11) is 0. The fourth-order valence-corrected chi connectivity index (χ4v) is 9.82. The van der Waals surface area contributed by atoms with Crippen LogP contribution in [-0.2, 0) is 9.47 Å². The van der Waals surface area contributed by atoms with Crippen molar-refractivity contribution in [3.05, 3.63) is 47.5 Å². The second-order valence-electron chi connectivity index (χ2n) is 20.1. The predicted molar refractivity (Wildman–Crippen MR) is 279 cm³/mol. The van der Waals surface area contributed by atoms with Crippen molar-refractivity contribution in [2.75, 3.05) is 13.2 Å².